The van der Waals surface area contributed by atoms with Gasteiger partial charge in [0, 0.05) is 18.2 Å². The Morgan fingerprint density at radius 1 is 1.06 bits per heavy atom. The lowest BCUT2D eigenvalue weighted by atomic mass is 9.95. The van der Waals surface area contributed by atoms with Gasteiger partial charge in [0.2, 0.25) is 5.91 Å². The number of fused-ring (bicyclic) bond motifs is 1. The molecule has 0 spiro atoms. The molecule has 184 valence electrons. The molecule has 1 saturated carbocycles. The van der Waals surface area contributed by atoms with Crippen LogP contribution in [0.5, 0.6) is 5.75 Å². The van der Waals surface area contributed by atoms with Crippen molar-refractivity contribution in [3.05, 3.63) is 76.5 Å². The summed E-state index contributed by atoms with van der Waals surface area (Å²) in [5, 5.41) is 5.10. The summed E-state index contributed by atoms with van der Waals surface area (Å²) in [5.41, 5.74) is 0.352. The smallest absolute Gasteiger partial charge is 0.261 e. The summed E-state index contributed by atoms with van der Waals surface area (Å²) < 4.78 is 21.1. The van der Waals surface area contributed by atoms with E-state index in [1.807, 2.05) is 30.3 Å². The number of ether oxygens (including phenoxy) is 1. The molecule has 5 nitrogen and oxygen atoms in total. The molecular formula is C28H30BrFN2O3. The fraction of sp³-hybridized carbons (Fsp3) is 0.357. The molecule has 0 bridgehead atoms. The van der Waals surface area contributed by atoms with E-state index >= 15 is 0 Å². The Hall–Kier alpha value is -2.93. The standard InChI is InChI=1S/C28H30BrFN2O3/c1-19(28(34)31-22-11-3-2-4-12-22)32(17-21-10-6-8-14-24(21)30)26(33)18-35-25-16-15-20-9-5-7-13-23(20)27(25)29/h5-10,13-16,19,22H,2-4,11-12,17-18H2,1H3,(H,31,34)/t19-/m1/s1. The highest BCUT2D eigenvalue weighted by molar-refractivity contribution is 9.10. The average Bonchev–Trinajstić information content (AvgIpc) is 2.88. The molecule has 4 rings (SSSR count). The first-order chi connectivity index (χ1) is 16.9. The maximum atomic E-state index is 14.4. The van der Waals surface area contributed by atoms with Crippen molar-refractivity contribution in [2.75, 3.05) is 6.61 Å². The fourth-order valence-electron chi connectivity index (χ4n) is 4.51. The minimum atomic E-state index is -0.771. The van der Waals surface area contributed by atoms with Crippen LogP contribution in [0.25, 0.3) is 10.8 Å². The lowest BCUT2D eigenvalue weighted by Gasteiger charge is -2.31. The molecule has 0 aromatic heterocycles. The number of hydrogen-bond acceptors (Lipinski definition) is 3. The van der Waals surface area contributed by atoms with Crippen molar-refractivity contribution in [3.63, 3.8) is 0 Å². The van der Waals surface area contributed by atoms with E-state index in [-0.39, 0.29) is 31.0 Å². The first-order valence-corrected chi connectivity index (χ1v) is 12.9. The molecule has 0 aliphatic heterocycles. The third-order valence-electron chi connectivity index (χ3n) is 6.60. The van der Waals surface area contributed by atoms with Gasteiger partial charge in [-0.05, 0) is 58.6 Å². The second kappa shape index (κ2) is 11.7. The molecule has 1 fully saturated rings. The molecule has 1 atom stereocenters. The van der Waals surface area contributed by atoms with E-state index in [4.69, 9.17) is 4.74 Å². The van der Waals surface area contributed by atoms with E-state index in [1.165, 1.54) is 17.4 Å². The van der Waals surface area contributed by atoms with E-state index in [1.54, 1.807) is 31.2 Å². The van der Waals surface area contributed by atoms with Crippen molar-refractivity contribution in [1.29, 1.82) is 0 Å². The number of nitrogens with one attached hydrogen (secondary N) is 1. The zero-order valence-electron chi connectivity index (χ0n) is 19.8. The van der Waals surface area contributed by atoms with Crippen molar-refractivity contribution in [1.82, 2.24) is 10.2 Å². The summed E-state index contributed by atoms with van der Waals surface area (Å²) in [7, 11) is 0. The molecular weight excluding hydrogens is 511 g/mol. The Balaban J connectivity index is 1.50. The number of hydrogen-bond donors (Lipinski definition) is 1. The number of carbonyl (C=O) groups excluding carboxylic acids is 2. The molecule has 0 heterocycles. The summed E-state index contributed by atoms with van der Waals surface area (Å²) in [5.74, 6) is -0.501. The first-order valence-electron chi connectivity index (χ1n) is 12.1. The van der Waals surface area contributed by atoms with Crippen LogP contribution >= 0.6 is 15.9 Å². The summed E-state index contributed by atoms with van der Waals surface area (Å²) >= 11 is 3.58. The van der Waals surface area contributed by atoms with Gasteiger partial charge < -0.3 is 15.0 Å². The van der Waals surface area contributed by atoms with Gasteiger partial charge in [0.15, 0.2) is 6.61 Å². The van der Waals surface area contributed by atoms with Gasteiger partial charge in [0.1, 0.15) is 17.6 Å². The average molecular weight is 541 g/mol. The third-order valence-corrected chi connectivity index (χ3v) is 7.41. The van der Waals surface area contributed by atoms with Crippen LogP contribution in [0.1, 0.15) is 44.6 Å². The molecule has 1 aliphatic rings. The van der Waals surface area contributed by atoms with E-state index in [0.29, 0.717) is 11.3 Å². The topological polar surface area (TPSA) is 58.6 Å². The van der Waals surface area contributed by atoms with Gasteiger partial charge in [-0.15, -0.1) is 0 Å². The number of amides is 2. The highest BCUT2D eigenvalue weighted by Crippen LogP contribution is 2.33. The zero-order chi connectivity index (χ0) is 24.8. The van der Waals surface area contributed by atoms with Crippen molar-refractivity contribution in [2.45, 2.75) is 57.7 Å². The highest BCUT2D eigenvalue weighted by atomic mass is 79.9. The molecule has 7 heteroatoms. The van der Waals surface area contributed by atoms with Gasteiger partial charge in [-0.25, -0.2) is 4.39 Å². The van der Waals surface area contributed by atoms with Crippen molar-refractivity contribution in [3.8, 4) is 5.75 Å². The Morgan fingerprint density at radius 3 is 2.54 bits per heavy atom. The summed E-state index contributed by atoms with van der Waals surface area (Å²) in [4.78, 5) is 27.8. The maximum Gasteiger partial charge on any atom is 0.261 e. The van der Waals surface area contributed by atoms with Gasteiger partial charge in [-0.1, -0.05) is 67.8 Å². The maximum absolute atomic E-state index is 14.4. The predicted molar refractivity (Wildman–Crippen MR) is 139 cm³/mol. The lowest BCUT2D eigenvalue weighted by molar-refractivity contribution is -0.142. The van der Waals surface area contributed by atoms with Gasteiger partial charge in [-0.3, -0.25) is 9.59 Å². The van der Waals surface area contributed by atoms with Gasteiger partial charge in [-0.2, -0.15) is 0 Å². The second-order valence-electron chi connectivity index (χ2n) is 9.02. The summed E-state index contributed by atoms with van der Waals surface area (Å²) in [6.07, 6.45) is 5.25. The monoisotopic (exact) mass is 540 g/mol. The van der Waals surface area contributed by atoms with Crippen molar-refractivity contribution in [2.24, 2.45) is 0 Å². The molecule has 0 radical (unpaired) electrons. The summed E-state index contributed by atoms with van der Waals surface area (Å²) in [6, 6.07) is 17.2. The molecule has 3 aromatic rings. The number of rotatable bonds is 8. The van der Waals surface area contributed by atoms with Crippen molar-refractivity contribution < 1.29 is 18.7 Å². The third kappa shape index (κ3) is 6.20. The Morgan fingerprint density at radius 2 is 1.77 bits per heavy atom. The second-order valence-corrected chi connectivity index (χ2v) is 9.81. The van der Waals surface area contributed by atoms with Crippen LogP contribution in [-0.2, 0) is 16.1 Å². The minimum Gasteiger partial charge on any atom is -0.483 e. The van der Waals surface area contributed by atoms with E-state index in [2.05, 4.69) is 21.2 Å². The van der Waals surface area contributed by atoms with Crippen LogP contribution in [0.15, 0.2) is 65.1 Å². The lowest BCUT2D eigenvalue weighted by Crippen LogP contribution is -2.51. The van der Waals surface area contributed by atoms with E-state index in [0.717, 1.165) is 40.9 Å². The van der Waals surface area contributed by atoms with Gasteiger partial charge in [0.25, 0.3) is 5.91 Å². The van der Waals surface area contributed by atoms with Crippen LogP contribution in [0.2, 0.25) is 0 Å². The van der Waals surface area contributed by atoms with Gasteiger partial charge in [0.05, 0.1) is 4.47 Å². The molecule has 35 heavy (non-hydrogen) atoms. The van der Waals surface area contributed by atoms with Crippen LogP contribution in [0.3, 0.4) is 0 Å². The van der Waals surface area contributed by atoms with Crippen LogP contribution in [0.4, 0.5) is 4.39 Å². The Kier molecular flexibility index (Phi) is 8.39. The Bertz CT molecular complexity index is 1200. The molecule has 0 unspecified atom stereocenters. The summed E-state index contributed by atoms with van der Waals surface area (Å²) in [6.45, 7) is 1.39. The normalized spacial score (nSPS) is 14.9. The first kappa shape index (κ1) is 25.2. The van der Waals surface area contributed by atoms with Crippen molar-refractivity contribution >= 4 is 38.5 Å². The molecule has 3 aromatic carbocycles. The molecule has 2 amide bonds. The number of carbonyl (C=O) groups is 2. The highest BCUT2D eigenvalue weighted by Gasteiger charge is 2.29. The minimum absolute atomic E-state index is 0.0208. The number of benzene rings is 3. The van der Waals surface area contributed by atoms with E-state index < -0.39 is 11.9 Å². The van der Waals surface area contributed by atoms with Crippen LogP contribution in [0, 0.1) is 5.82 Å². The SMILES string of the molecule is C[C@H](C(=O)NC1CCCCC1)N(Cc1ccccc1F)C(=O)COc1ccc2ccccc2c1Br. The molecule has 1 aliphatic carbocycles. The Labute approximate surface area is 213 Å². The van der Waals surface area contributed by atoms with Crippen LogP contribution in [-0.4, -0.2) is 35.4 Å². The molecule has 1 N–H and O–H groups in total. The molecule has 0 saturated heterocycles. The van der Waals surface area contributed by atoms with Crippen LogP contribution < -0.4 is 10.1 Å². The fourth-order valence-corrected chi connectivity index (χ4v) is 5.12. The largest absolute Gasteiger partial charge is 0.483 e. The van der Waals surface area contributed by atoms with Gasteiger partial charge >= 0.3 is 0 Å². The quantitative estimate of drug-likeness (QED) is 0.382. The number of nitrogens with zero attached hydrogens (tertiary/aromatic N) is 1. The predicted octanol–water partition coefficient (Wildman–Crippen LogP) is 5.99. The number of halogens is 2. The zero-order valence-corrected chi connectivity index (χ0v) is 21.4. The van der Waals surface area contributed by atoms with E-state index in [9.17, 15) is 14.0 Å².